The molecular weight excluding hydrogens is 353 g/mol. The van der Waals surface area contributed by atoms with Crippen molar-refractivity contribution < 1.29 is 18.7 Å². The van der Waals surface area contributed by atoms with E-state index in [1.54, 1.807) is 37.4 Å². The number of hydrogen-bond acceptors (Lipinski definition) is 3. The van der Waals surface area contributed by atoms with E-state index >= 15 is 0 Å². The molecule has 0 unspecified atom stereocenters. The average molecular weight is 368 g/mol. The number of halogens is 2. The number of rotatable bonds is 6. The van der Waals surface area contributed by atoms with Gasteiger partial charge in [-0.25, -0.2) is 4.39 Å². The highest BCUT2D eigenvalue weighted by Gasteiger charge is 2.11. The Labute approximate surface area is 136 Å². The van der Waals surface area contributed by atoms with Crippen LogP contribution < -0.4 is 14.8 Å². The lowest BCUT2D eigenvalue weighted by Crippen LogP contribution is -2.28. The van der Waals surface area contributed by atoms with Crippen LogP contribution in [0.3, 0.4) is 0 Å². The maximum Gasteiger partial charge on any atom is 0.254 e. The lowest BCUT2D eigenvalue weighted by atomic mass is 10.2. The maximum absolute atomic E-state index is 13.6. The number of amides is 1. The Morgan fingerprint density at radius 2 is 1.86 bits per heavy atom. The summed E-state index contributed by atoms with van der Waals surface area (Å²) in [4.78, 5) is 11.8. The summed E-state index contributed by atoms with van der Waals surface area (Å²) >= 11 is 3.14. The van der Waals surface area contributed by atoms with Gasteiger partial charge in [0.1, 0.15) is 23.9 Å². The Bertz CT molecular complexity index is 646. The molecule has 0 aliphatic rings. The number of carbonyl (C=O) groups excluding carboxylic acids is 1. The molecule has 22 heavy (non-hydrogen) atoms. The van der Waals surface area contributed by atoms with Gasteiger partial charge < -0.3 is 14.8 Å². The van der Waals surface area contributed by atoms with Crippen molar-refractivity contribution in [2.45, 2.75) is 0 Å². The van der Waals surface area contributed by atoms with E-state index in [2.05, 4.69) is 21.2 Å². The van der Waals surface area contributed by atoms with Crippen LogP contribution in [-0.2, 0) is 0 Å². The topological polar surface area (TPSA) is 47.6 Å². The Morgan fingerprint density at radius 3 is 2.50 bits per heavy atom. The second-order valence-corrected chi connectivity index (χ2v) is 5.32. The van der Waals surface area contributed by atoms with Gasteiger partial charge in [0.25, 0.3) is 5.91 Å². The Balaban J connectivity index is 1.79. The van der Waals surface area contributed by atoms with Gasteiger partial charge in [-0.1, -0.05) is 15.9 Å². The molecule has 0 fully saturated rings. The van der Waals surface area contributed by atoms with Gasteiger partial charge in [0.05, 0.1) is 19.2 Å². The highest BCUT2D eigenvalue weighted by molar-refractivity contribution is 9.10. The van der Waals surface area contributed by atoms with E-state index < -0.39 is 11.7 Å². The predicted molar refractivity (Wildman–Crippen MR) is 84.9 cm³/mol. The third-order valence-electron chi connectivity index (χ3n) is 2.89. The third-order valence-corrected chi connectivity index (χ3v) is 3.38. The van der Waals surface area contributed by atoms with Crippen molar-refractivity contribution in [3.8, 4) is 11.5 Å². The van der Waals surface area contributed by atoms with Gasteiger partial charge in [0, 0.05) is 4.47 Å². The first kappa shape index (κ1) is 16.3. The van der Waals surface area contributed by atoms with Crippen molar-refractivity contribution in [3.63, 3.8) is 0 Å². The van der Waals surface area contributed by atoms with Crippen molar-refractivity contribution >= 4 is 21.8 Å². The molecule has 0 spiro atoms. The van der Waals surface area contributed by atoms with Crippen molar-refractivity contribution in [1.82, 2.24) is 5.32 Å². The van der Waals surface area contributed by atoms with Gasteiger partial charge in [0.2, 0.25) is 0 Å². The lowest BCUT2D eigenvalue weighted by molar-refractivity contribution is 0.0943. The molecule has 0 atom stereocenters. The van der Waals surface area contributed by atoms with Crippen LogP contribution in [0.15, 0.2) is 46.9 Å². The standard InChI is InChI=1S/C16H15BrFNO3/c1-21-12-3-5-13(6-4-12)22-9-8-19-16(20)14-7-2-11(17)10-15(14)18/h2-7,10H,8-9H2,1H3,(H,19,20). The van der Waals surface area contributed by atoms with Crippen LogP contribution in [0.5, 0.6) is 11.5 Å². The molecular formula is C16H15BrFNO3. The number of benzene rings is 2. The number of methoxy groups -OCH3 is 1. The highest BCUT2D eigenvalue weighted by Crippen LogP contribution is 2.17. The molecule has 0 bridgehead atoms. The van der Waals surface area contributed by atoms with Crippen LogP contribution in [0.4, 0.5) is 4.39 Å². The molecule has 1 N–H and O–H groups in total. The maximum atomic E-state index is 13.6. The van der Waals surface area contributed by atoms with Crippen LogP contribution in [0.1, 0.15) is 10.4 Å². The molecule has 0 aliphatic heterocycles. The molecule has 0 heterocycles. The van der Waals surface area contributed by atoms with Gasteiger partial charge in [-0.3, -0.25) is 4.79 Å². The monoisotopic (exact) mass is 367 g/mol. The molecule has 116 valence electrons. The summed E-state index contributed by atoms with van der Waals surface area (Å²) in [7, 11) is 1.59. The van der Waals surface area contributed by atoms with Gasteiger partial charge >= 0.3 is 0 Å². The molecule has 4 nitrogen and oxygen atoms in total. The molecule has 2 aromatic rings. The van der Waals surface area contributed by atoms with Crippen LogP contribution in [0, 0.1) is 5.82 Å². The zero-order valence-electron chi connectivity index (χ0n) is 11.9. The van der Waals surface area contributed by atoms with Crippen molar-refractivity contribution in [2.75, 3.05) is 20.3 Å². The van der Waals surface area contributed by atoms with E-state index in [0.29, 0.717) is 10.2 Å². The molecule has 2 rings (SSSR count). The van der Waals surface area contributed by atoms with Gasteiger partial charge in [0.15, 0.2) is 0 Å². The zero-order valence-corrected chi connectivity index (χ0v) is 13.5. The molecule has 6 heteroatoms. The Kier molecular flexibility index (Phi) is 5.77. The number of carbonyl (C=O) groups is 1. The van der Waals surface area contributed by atoms with E-state index in [4.69, 9.17) is 9.47 Å². The highest BCUT2D eigenvalue weighted by atomic mass is 79.9. The summed E-state index contributed by atoms with van der Waals surface area (Å²) in [6.07, 6.45) is 0. The minimum absolute atomic E-state index is 0.00708. The predicted octanol–water partition coefficient (Wildman–Crippen LogP) is 3.41. The third kappa shape index (κ3) is 4.46. The van der Waals surface area contributed by atoms with Gasteiger partial charge in [-0.05, 0) is 42.5 Å². The smallest absolute Gasteiger partial charge is 0.254 e. The fourth-order valence-corrected chi connectivity index (χ4v) is 2.11. The summed E-state index contributed by atoms with van der Waals surface area (Å²) < 4.78 is 24.7. The van der Waals surface area contributed by atoms with Crippen LogP contribution in [0.2, 0.25) is 0 Å². The average Bonchev–Trinajstić information content (AvgIpc) is 2.52. The minimum atomic E-state index is -0.567. The fraction of sp³-hybridized carbons (Fsp3) is 0.188. The van der Waals surface area contributed by atoms with Crippen LogP contribution >= 0.6 is 15.9 Å². The number of nitrogens with one attached hydrogen (secondary N) is 1. The quantitative estimate of drug-likeness (QED) is 0.795. The second-order valence-electron chi connectivity index (χ2n) is 4.40. The molecule has 0 radical (unpaired) electrons. The first-order valence-corrected chi connectivity index (χ1v) is 7.39. The van der Waals surface area contributed by atoms with Crippen molar-refractivity contribution in [3.05, 3.63) is 58.3 Å². The van der Waals surface area contributed by atoms with E-state index in [0.717, 1.165) is 5.75 Å². The minimum Gasteiger partial charge on any atom is -0.497 e. The molecule has 0 saturated carbocycles. The second kappa shape index (κ2) is 7.79. The van der Waals surface area contributed by atoms with Crippen molar-refractivity contribution in [1.29, 1.82) is 0 Å². The zero-order chi connectivity index (χ0) is 15.9. The van der Waals surface area contributed by atoms with Gasteiger partial charge in [-0.15, -0.1) is 0 Å². The fourth-order valence-electron chi connectivity index (χ4n) is 1.77. The molecule has 0 aliphatic carbocycles. The van der Waals surface area contributed by atoms with E-state index in [9.17, 15) is 9.18 Å². The van der Waals surface area contributed by atoms with Crippen LogP contribution in [0.25, 0.3) is 0 Å². The van der Waals surface area contributed by atoms with E-state index in [1.165, 1.54) is 12.1 Å². The number of hydrogen-bond donors (Lipinski definition) is 1. The first-order valence-electron chi connectivity index (χ1n) is 6.60. The normalized spacial score (nSPS) is 10.1. The lowest BCUT2D eigenvalue weighted by Gasteiger charge is -2.09. The van der Waals surface area contributed by atoms with Crippen LogP contribution in [-0.4, -0.2) is 26.2 Å². The molecule has 1 amide bonds. The summed E-state index contributed by atoms with van der Waals surface area (Å²) in [6, 6.07) is 11.4. The molecule has 0 aromatic heterocycles. The van der Waals surface area contributed by atoms with Gasteiger partial charge in [-0.2, -0.15) is 0 Å². The van der Waals surface area contributed by atoms with E-state index in [1.807, 2.05) is 0 Å². The van der Waals surface area contributed by atoms with E-state index in [-0.39, 0.29) is 18.7 Å². The number of ether oxygens (including phenoxy) is 2. The largest absolute Gasteiger partial charge is 0.497 e. The summed E-state index contributed by atoms with van der Waals surface area (Å²) in [6.45, 7) is 0.566. The summed E-state index contributed by atoms with van der Waals surface area (Å²) in [5, 5.41) is 2.61. The Morgan fingerprint density at radius 1 is 1.18 bits per heavy atom. The SMILES string of the molecule is COc1ccc(OCCNC(=O)c2ccc(Br)cc2F)cc1. The summed E-state index contributed by atoms with van der Waals surface area (Å²) in [5.41, 5.74) is 0.00708. The summed E-state index contributed by atoms with van der Waals surface area (Å²) in [5.74, 6) is 0.377. The molecule has 0 saturated heterocycles. The Hall–Kier alpha value is -2.08. The van der Waals surface area contributed by atoms with Crippen molar-refractivity contribution in [2.24, 2.45) is 0 Å². The first-order chi connectivity index (χ1) is 10.6. The molecule has 2 aromatic carbocycles.